The van der Waals surface area contributed by atoms with Crippen LogP contribution in [0.5, 0.6) is 0 Å². The highest BCUT2D eigenvalue weighted by atomic mass is 32.2. The third-order valence-corrected chi connectivity index (χ3v) is 6.73. The summed E-state index contributed by atoms with van der Waals surface area (Å²) in [7, 11) is -0.735. The Labute approximate surface area is 122 Å². The number of sulfonamides is 1. The zero-order chi connectivity index (χ0) is 14.9. The number of carbonyl (C=O) groups is 1. The zero-order valence-corrected chi connectivity index (χ0v) is 13.3. The monoisotopic (exact) mass is 318 g/mol. The van der Waals surface area contributed by atoms with Crippen molar-refractivity contribution < 1.29 is 18.0 Å². The molecule has 1 aliphatic rings. The summed E-state index contributed by atoms with van der Waals surface area (Å²) in [5.41, 5.74) is 0. The standard InChI is InChI=1S/C12H18N2O4S2/c1-9-6-7-11(19-9)20(16,17)14-8-4-5-10(14)12(15)13(2)18-3/h6-7,10H,4-5,8H2,1-3H3. The van der Waals surface area contributed by atoms with Gasteiger partial charge in [-0.05, 0) is 31.9 Å². The van der Waals surface area contributed by atoms with Crippen LogP contribution in [-0.2, 0) is 19.7 Å². The number of nitrogens with zero attached hydrogens (tertiary/aromatic N) is 2. The largest absolute Gasteiger partial charge is 0.275 e. The summed E-state index contributed by atoms with van der Waals surface area (Å²) in [6.07, 6.45) is 1.20. The van der Waals surface area contributed by atoms with Crippen LogP contribution in [0.3, 0.4) is 0 Å². The van der Waals surface area contributed by atoms with E-state index >= 15 is 0 Å². The molecule has 1 aliphatic heterocycles. The van der Waals surface area contributed by atoms with Crippen molar-refractivity contribution >= 4 is 27.3 Å². The van der Waals surface area contributed by atoms with E-state index in [1.54, 1.807) is 12.1 Å². The molecule has 1 amide bonds. The van der Waals surface area contributed by atoms with Crippen molar-refractivity contribution in [1.82, 2.24) is 9.37 Å². The molecule has 1 fully saturated rings. The number of hydrogen-bond acceptors (Lipinski definition) is 5. The van der Waals surface area contributed by atoms with E-state index in [9.17, 15) is 13.2 Å². The maximum absolute atomic E-state index is 12.6. The predicted octanol–water partition coefficient (Wildman–Crippen LogP) is 1.23. The van der Waals surface area contributed by atoms with Crippen LogP contribution in [0, 0.1) is 6.92 Å². The highest BCUT2D eigenvalue weighted by Gasteiger charge is 2.41. The lowest BCUT2D eigenvalue weighted by Crippen LogP contribution is -2.46. The van der Waals surface area contributed by atoms with Gasteiger partial charge in [-0.3, -0.25) is 9.63 Å². The van der Waals surface area contributed by atoms with E-state index in [1.165, 1.54) is 29.8 Å². The molecule has 1 saturated heterocycles. The Morgan fingerprint density at radius 1 is 1.50 bits per heavy atom. The van der Waals surface area contributed by atoms with Crippen molar-refractivity contribution in [3.05, 3.63) is 17.0 Å². The minimum atomic E-state index is -3.61. The smallest absolute Gasteiger partial charge is 0.264 e. The molecule has 1 unspecified atom stereocenters. The predicted molar refractivity (Wildman–Crippen MR) is 75.7 cm³/mol. The number of aryl methyl sites for hydroxylation is 1. The van der Waals surface area contributed by atoms with E-state index in [4.69, 9.17) is 4.84 Å². The van der Waals surface area contributed by atoms with Crippen LogP contribution in [0.2, 0.25) is 0 Å². The summed E-state index contributed by atoms with van der Waals surface area (Å²) < 4.78 is 26.8. The van der Waals surface area contributed by atoms with Gasteiger partial charge in [-0.2, -0.15) is 4.31 Å². The molecular weight excluding hydrogens is 300 g/mol. The third kappa shape index (κ3) is 2.73. The molecule has 0 aliphatic carbocycles. The molecule has 112 valence electrons. The number of hydroxylamine groups is 2. The fourth-order valence-corrected chi connectivity index (χ4v) is 5.30. The maximum atomic E-state index is 12.6. The minimum absolute atomic E-state index is 0.287. The first-order valence-electron chi connectivity index (χ1n) is 6.28. The summed E-state index contributed by atoms with van der Waals surface area (Å²) in [6.45, 7) is 2.22. The molecule has 1 aromatic heterocycles. The Bertz CT molecular complexity index is 596. The molecule has 0 saturated carbocycles. The van der Waals surface area contributed by atoms with Crippen LogP contribution < -0.4 is 0 Å². The molecule has 2 heterocycles. The molecule has 20 heavy (non-hydrogen) atoms. The van der Waals surface area contributed by atoms with Crippen molar-refractivity contribution in [2.24, 2.45) is 0 Å². The fourth-order valence-electron chi connectivity index (χ4n) is 2.24. The Balaban J connectivity index is 2.29. The summed E-state index contributed by atoms with van der Waals surface area (Å²) in [6, 6.07) is 2.69. The van der Waals surface area contributed by atoms with Crippen molar-refractivity contribution in [1.29, 1.82) is 0 Å². The van der Waals surface area contributed by atoms with Gasteiger partial charge >= 0.3 is 0 Å². The number of hydrogen-bond donors (Lipinski definition) is 0. The van der Waals surface area contributed by atoms with Crippen molar-refractivity contribution in [3.8, 4) is 0 Å². The summed E-state index contributed by atoms with van der Waals surface area (Å²) in [5, 5.41) is 1.08. The molecule has 0 spiro atoms. The number of likely N-dealkylation sites (N-methyl/N-ethyl adjacent to an activating group) is 1. The Hall–Kier alpha value is -0.960. The van der Waals surface area contributed by atoms with Gasteiger partial charge in [0, 0.05) is 18.5 Å². The van der Waals surface area contributed by atoms with Gasteiger partial charge in [-0.15, -0.1) is 11.3 Å². The lowest BCUT2D eigenvalue weighted by atomic mass is 10.2. The van der Waals surface area contributed by atoms with Crippen molar-refractivity contribution in [2.45, 2.75) is 30.0 Å². The second-order valence-corrected chi connectivity index (χ2v) is 8.06. The van der Waals surface area contributed by atoms with Crippen LogP contribution >= 0.6 is 11.3 Å². The fraction of sp³-hybridized carbons (Fsp3) is 0.583. The lowest BCUT2D eigenvalue weighted by molar-refractivity contribution is -0.172. The third-order valence-electron chi connectivity index (χ3n) is 3.35. The van der Waals surface area contributed by atoms with Crippen molar-refractivity contribution in [2.75, 3.05) is 20.7 Å². The quantitative estimate of drug-likeness (QED) is 0.783. The molecule has 0 radical (unpaired) electrons. The van der Waals surface area contributed by atoms with Crippen LogP contribution in [0.25, 0.3) is 0 Å². The van der Waals surface area contributed by atoms with Gasteiger partial charge in [0.15, 0.2) is 0 Å². The van der Waals surface area contributed by atoms with Crippen LogP contribution in [0.15, 0.2) is 16.3 Å². The molecule has 6 nitrogen and oxygen atoms in total. The second-order valence-electron chi connectivity index (χ2n) is 4.66. The van der Waals surface area contributed by atoms with E-state index in [0.29, 0.717) is 19.4 Å². The normalized spacial score (nSPS) is 20.2. The average molecular weight is 318 g/mol. The van der Waals surface area contributed by atoms with E-state index in [-0.39, 0.29) is 10.1 Å². The Kier molecular flexibility index (Phi) is 4.48. The molecule has 0 N–H and O–H groups in total. The van der Waals surface area contributed by atoms with Gasteiger partial charge in [0.1, 0.15) is 10.3 Å². The van der Waals surface area contributed by atoms with Crippen LogP contribution in [-0.4, -0.2) is 50.4 Å². The number of rotatable bonds is 4. The van der Waals surface area contributed by atoms with Gasteiger partial charge in [-0.1, -0.05) is 0 Å². The first-order chi connectivity index (χ1) is 9.37. The topological polar surface area (TPSA) is 66.9 Å². The minimum Gasteiger partial charge on any atom is -0.275 e. The van der Waals surface area contributed by atoms with Gasteiger partial charge in [-0.25, -0.2) is 13.5 Å². The number of thiophene rings is 1. The molecule has 2 rings (SSSR count). The highest BCUT2D eigenvalue weighted by Crippen LogP contribution is 2.30. The molecule has 0 aromatic carbocycles. The van der Waals surface area contributed by atoms with Gasteiger partial charge in [0.25, 0.3) is 15.9 Å². The van der Waals surface area contributed by atoms with Gasteiger partial charge in [0.2, 0.25) is 0 Å². The molecule has 1 atom stereocenters. The number of carbonyl (C=O) groups excluding carboxylic acids is 1. The Morgan fingerprint density at radius 2 is 2.20 bits per heavy atom. The first-order valence-corrected chi connectivity index (χ1v) is 8.53. The van der Waals surface area contributed by atoms with E-state index in [2.05, 4.69) is 0 Å². The second kappa shape index (κ2) is 5.80. The lowest BCUT2D eigenvalue weighted by Gasteiger charge is -2.25. The number of amides is 1. The molecule has 0 bridgehead atoms. The van der Waals surface area contributed by atoms with Crippen LogP contribution in [0.1, 0.15) is 17.7 Å². The van der Waals surface area contributed by atoms with E-state index in [0.717, 1.165) is 9.94 Å². The SMILES string of the molecule is CON(C)C(=O)C1CCCN1S(=O)(=O)c1ccc(C)s1. The average Bonchev–Trinajstić information content (AvgIpc) is 3.05. The summed E-state index contributed by atoms with van der Waals surface area (Å²) in [5.74, 6) is -0.332. The molecule has 8 heteroatoms. The Morgan fingerprint density at radius 3 is 2.75 bits per heavy atom. The van der Waals surface area contributed by atoms with E-state index < -0.39 is 16.1 Å². The van der Waals surface area contributed by atoms with Gasteiger partial charge < -0.3 is 0 Å². The highest BCUT2D eigenvalue weighted by molar-refractivity contribution is 7.91. The van der Waals surface area contributed by atoms with Crippen molar-refractivity contribution in [3.63, 3.8) is 0 Å². The molecular formula is C12H18N2O4S2. The van der Waals surface area contributed by atoms with Gasteiger partial charge in [0.05, 0.1) is 7.11 Å². The maximum Gasteiger partial charge on any atom is 0.264 e. The zero-order valence-electron chi connectivity index (χ0n) is 11.7. The van der Waals surface area contributed by atoms with E-state index in [1.807, 2.05) is 6.92 Å². The molecule has 1 aromatic rings. The summed E-state index contributed by atoms with van der Waals surface area (Å²) in [4.78, 5) is 18.0. The summed E-state index contributed by atoms with van der Waals surface area (Å²) >= 11 is 1.22. The first kappa shape index (κ1) is 15.4. The van der Waals surface area contributed by atoms with Crippen LogP contribution in [0.4, 0.5) is 0 Å².